The summed E-state index contributed by atoms with van der Waals surface area (Å²) in [6.07, 6.45) is -10.8. The van der Waals surface area contributed by atoms with Crippen molar-refractivity contribution in [1.82, 2.24) is 0 Å². The molecule has 0 radical (unpaired) electrons. The molecular formula is C10H4F6O4. The van der Waals surface area contributed by atoms with Crippen LogP contribution in [0, 0.1) is 0 Å². The van der Waals surface area contributed by atoms with Gasteiger partial charge in [-0.25, -0.2) is 0 Å². The van der Waals surface area contributed by atoms with Crippen LogP contribution in [0.5, 0.6) is 11.5 Å². The van der Waals surface area contributed by atoms with Crippen LogP contribution in [0.4, 0.5) is 26.3 Å². The van der Waals surface area contributed by atoms with E-state index in [-0.39, 0.29) is 12.1 Å². The molecular weight excluding hydrogens is 298 g/mol. The van der Waals surface area contributed by atoms with Crippen LogP contribution in [0.15, 0.2) is 12.1 Å². The molecule has 0 unspecified atom stereocenters. The lowest BCUT2D eigenvalue weighted by molar-refractivity contribution is -0.0892. The van der Waals surface area contributed by atoms with Gasteiger partial charge in [-0.1, -0.05) is 0 Å². The van der Waals surface area contributed by atoms with Crippen molar-refractivity contribution in [2.75, 3.05) is 0 Å². The number of phenols is 2. The van der Waals surface area contributed by atoms with Gasteiger partial charge in [0.25, 0.3) is 11.6 Å². The van der Waals surface area contributed by atoms with Crippen LogP contribution in [0.2, 0.25) is 0 Å². The largest absolute Gasteiger partial charge is 0.507 e. The molecule has 0 aliphatic heterocycles. The van der Waals surface area contributed by atoms with Crippen LogP contribution in [0.25, 0.3) is 0 Å². The van der Waals surface area contributed by atoms with Crippen LogP contribution >= 0.6 is 0 Å². The third-order valence-corrected chi connectivity index (χ3v) is 2.12. The Balaban J connectivity index is 3.37. The molecule has 110 valence electrons. The summed E-state index contributed by atoms with van der Waals surface area (Å²) in [5.74, 6) is -8.15. The Bertz CT molecular complexity index is 521. The van der Waals surface area contributed by atoms with E-state index in [1.165, 1.54) is 0 Å². The van der Waals surface area contributed by atoms with Crippen LogP contribution in [-0.4, -0.2) is 34.1 Å². The molecule has 20 heavy (non-hydrogen) atoms. The first-order valence-corrected chi connectivity index (χ1v) is 4.64. The molecule has 1 aromatic carbocycles. The fourth-order valence-electron chi connectivity index (χ4n) is 1.25. The minimum Gasteiger partial charge on any atom is -0.507 e. The van der Waals surface area contributed by atoms with Crippen molar-refractivity contribution in [1.29, 1.82) is 0 Å². The van der Waals surface area contributed by atoms with Crippen molar-refractivity contribution < 1.29 is 46.1 Å². The normalized spacial score (nSPS) is 12.3. The molecule has 0 aromatic heterocycles. The van der Waals surface area contributed by atoms with Gasteiger partial charge < -0.3 is 10.2 Å². The van der Waals surface area contributed by atoms with Crippen LogP contribution in [0.1, 0.15) is 20.7 Å². The van der Waals surface area contributed by atoms with Gasteiger partial charge in [-0.05, 0) is 12.1 Å². The lowest BCUT2D eigenvalue weighted by Crippen LogP contribution is -2.24. The molecule has 0 atom stereocenters. The second-order valence-electron chi connectivity index (χ2n) is 3.54. The monoisotopic (exact) mass is 302 g/mol. The highest BCUT2D eigenvalue weighted by atomic mass is 19.4. The zero-order valence-corrected chi connectivity index (χ0v) is 9.13. The number of alkyl halides is 6. The predicted octanol–water partition coefficient (Wildman–Crippen LogP) is 2.59. The molecule has 0 bridgehead atoms. The van der Waals surface area contributed by atoms with E-state index in [0.29, 0.717) is 0 Å². The summed E-state index contributed by atoms with van der Waals surface area (Å²) in [5, 5.41) is 18.2. The van der Waals surface area contributed by atoms with Crippen molar-refractivity contribution in [2.45, 2.75) is 12.4 Å². The zero-order chi connectivity index (χ0) is 15.9. The Morgan fingerprint density at radius 1 is 0.750 bits per heavy atom. The van der Waals surface area contributed by atoms with Crippen molar-refractivity contribution >= 4 is 11.6 Å². The molecule has 0 saturated carbocycles. The number of phenolic OH excluding ortho intramolecular Hbond substituents is 2. The Morgan fingerprint density at radius 3 is 1.20 bits per heavy atom. The first-order chi connectivity index (χ1) is 8.85. The summed E-state index contributed by atoms with van der Waals surface area (Å²) >= 11 is 0. The zero-order valence-electron chi connectivity index (χ0n) is 9.13. The number of hydrogen-bond donors (Lipinski definition) is 2. The molecule has 0 saturated heterocycles. The van der Waals surface area contributed by atoms with Crippen molar-refractivity contribution in [2.24, 2.45) is 0 Å². The summed E-state index contributed by atoms with van der Waals surface area (Å²) < 4.78 is 72.6. The number of aromatic hydroxyl groups is 2. The molecule has 0 aliphatic carbocycles. The van der Waals surface area contributed by atoms with Gasteiger partial charge in [-0.3, -0.25) is 9.59 Å². The fourth-order valence-corrected chi connectivity index (χ4v) is 1.25. The average Bonchev–Trinajstić information content (AvgIpc) is 2.27. The van der Waals surface area contributed by atoms with Crippen LogP contribution in [-0.2, 0) is 0 Å². The molecule has 1 rings (SSSR count). The molecule has 0 fully saturated rings. The Labute approximate surface area is 106 Å². The van der Waals surface area contributed by atoms with E-state index in [1.54, 1.807) is 0 Å². The van der Waals surface area contributed by atoms with E-state index in [0.717, 1.165) is 0 Å². The number of carbonyl (C=O) groups excluding carboxylic acids is 2. The number of hydrogen-bond acceptors (Lipinski definition) is 4. The second-order valence-corrected chi connectivity index (χ2v) is 3.54. The maximum absolute atomic E-state index is 12.1. The van der Waals surface area contributed by atoms with Crippen molar-refractivity contribution in [3.8, 4) is 11.5 Å². The first kappa shape index (κ1) is 15.8. The molecule has 10 heteroatoms. The van der Waals surface area contributed by atoms with E-state index in [2.05, 4.69) is 0 Å². The minimum absolute atomic E-state index is 0.0515. The van der Waals surface area contributed by atoms with Crippen LogP contribution < -0.4 is 0 Å². The quantitative estimate of drug-likeness (QED) is 0.500. The summed E-state index contributed by atoms with van der Waals surface area (Å²) in [6.45, 7) is 0. The van der Waals surface area contributed by atoms with E-state index >= 15 is 0 Å². The highest BCUT2D eigenvalue weighted by Gasteiger charge is 2.44. The standard InChI is InChI=1S/C10H4F6O4/c11-9(12,13)7(19)3-1-5(17)4(2-6(3)18)8(20)10(14,15)16/h1-2,17-18H. The number of carbonyl (C=O) groups is 2. The van der Waals surface area contributed by atoms with Gasteiger partial charge in [0.15, 0.2) is 0 Å². The highest BCUT2D eigenvalue weighted by molar-refractivity contribution is 6.07. The summed E-state index contributed by atoms with van der Waals surface area (Å²) in [6, 6.07) is -0.103. The van der Waals surface area contributed by atoms with Crippen molar-refractivity contribution in [3.05, 3.63) is 23.3 Å². The number of ketones is 2. The van der Waals surface area contributed by atoms with Gasteiger partial charge in [0.1, 0.15) is 11.5 Å². The Morgan fingerprint density at radius 2 is 1.00 bits per heavy atom. The molecule has 0 aliphatic rings. The smallest absolute Gasteiger partial charge is 0.455 e. The number of Topliss-reactive ketones (excluding diaryl/α,β-unsaturated/α-hetero) is 2. The molecule has 0 heterocycles. The minimum atomic E-state index is -5.40. The average molecular weight is 302 g/mol. The number of rotatable bonds is 2. The molecule has 1 aromatic rings. The van der Waals surface area contributed by atoms with Crippen molar-refractivity contribution in [3.63, 3.8) is 0 Å². The van der Waals surface area contributed by atoms with Gasteiger partial charge in [-0.2, -0.15) is 26.3 Å². The highest BCUT2D eigenvalue weighted by Crippen LogP contribution is 2.34. The Kier molecular flexibility index (Phi) is 3.70. The van der Waals surface area contributed by atoms with Gasteiger partial charge in [0.05, 0.1) is 11.1 Å². The fraction of sp³-hybridized carbons (Fsp3) is 0.200. The van der Waals surface area contributed by atoms with E-state index in [9.17, 15) is 35.9 Å². The summed E-state index contributed by atoms with van der Waals surface area (Å²) in [4.78, 5) is 21.6. The maximum atomic E-state index is 12.1. The topological polar surface area (TPSA) is 74.6 Å². The number of benzene rings is 1. The Hall–Kier alpha value is -2.26. The van der Waals surface area contributed by atoms with Gasteiger partial charge in [-0.15, -0.1) is 0 Å². The van der Waals surface area contributed by atoms with Gasteiger partial charge >= 0.3 is 12.4 Å². The third kappa shape index (κ3) is 3.00. The molecule has 4 nitrogen and oxygen atoms in total. The lowest BCUT2D eigenvalue weighted by Gasteiger charge is -2.11. The maximum Gasteiger partial charge on any atom is 0.455 e. The van der Waals surface area contributed by atoms with E-state index < -0.39 is 46.5 Å². The van der Waals surface area contributed by atoms with Gasteiger partial charge in [0.2, 0.25) is 0 Å². The first-order valence-electron chi connectivity index (χ1n) is 4.64. The second kappa shape index (κ2) is 4.69. The van der Waals surface area contributed by atoms with Crippen LogP contribution in [0.3, 0.4) is 0 Å². The van der Waals surface area contributed by atoms with Gasteiger partial charge in [0, 0.05) is 0 Å². The third-order valence-electron chi connectivity index (χ3n) is 2.12. The van der Waals surface area contributed by atoms with E-state index in [1.807, 2.05) is 0 Å². The lowest BCUT2D eigenvalue weighted by atomic mass is 10.0. The summed E-state index contributed by atoms with van der Waals surface area (Å²) in [7, 11) is 0. The summed E-state index contributed by atoms with van der Waals surface area (Å²) in [5.41, 5.74) is -2.93. The predicted molar refractivity (Wildman–Crippen MR) is 50.5 cm³/mol. The molecule has 0 spiro atoms. The number of halogens is 6. The molecule has 2 N–H and O–H groups in total. The SMILES string of the molecule is O=C(c1cc(O)c(C(=O)C(F)(F)F)cc1O)C(F)(F)F. The van der Waals surface area contributed by atoms with E-state index in [4.69, 9.17) is 10.2 Å². The molecule has 0 amide bonds.